The first-order valence-electron chi connectivity index (χ1n) is 7.25. The van der Waals surface area contributed by atoms with E-state index in [4.69, 9.17) is 5.73 Å². The van der Waals surface area contributed by atoms with E-state index >= 15 is 0 Å². The molecule has 0 radical (unpaired) electrons. The fourth-order valence-corrected chi connectivity index (χ4v) is 2.40. The molecule has 0 aliphatic carbocycles. The Labute approximate surface area is 120 Å². The van der Waals surface area contributed by atoms with Crippen molar-refractivity contribution >= 4 is 0 Å². The molecular formula is C15H23N5. The van der Waals surface area contributed by atoms with Crippen LogP contribution < -0.4 is 5.73 Å². The van der Waals surface area contributed by atoms with Crippen molar-refractivity contribution < 1.29 is 0 Å². The summed E-state index contributed by atoms with van der Waals surface area (Å²) in [6.45, 7) is 8.92. The van der Waals surface area contributed by atoms with Crippen molar-refractivity contribution in [2.45, 2.75) is 53.0 Å². The maximum absolute atomic E-state index is 5.95. The summed E-state index contributed by atoms with van der Waals surface area (Å²) in [5.41, 5.74) is 10.3. The summed E-state index contributed by atoms with van der Waals surface area (Å²) in [5, 5.41) is 13.3. The lowest BCUT2D eigenvalue weighted by atomic mass is 10.0. The molecule has 0 saturated carbocycles. The van der Waals surface area contributed by atoms with E-state index in [-0.39, 0.29) is 0 Å². The topological polar surface area (TPSA) is 69.6 Å². The SMILES string of the molecule is CCc1nnc(-n2ccc(C(C)C)n2)c(CN)c1CC. The Bertz CT molecular complexity index is 586. The van der Waals surface area contributed by atoms with E-state index in [1.165, 1.54) is 5.56 Å². The van der Waals surface area contributed by atoms with Crippen LogP contribution in [0.5, 0.6) is 0 Å². The van der Waals surface area contributed by atoms with Crippen molar-refractivity contribution in [3.05, 3.63) is 34.8 Å². The Kier molecular flexibility index (Phi) is 4.49. The van der Waals surface area contributed by atoms with Crippen molar-refractivity contribution in [2.24, 2.45) is 5.73 Å². The first-order valence-corrected chi connectivity index (χ1v) is 7.25. The molecule has 0 aromatic carbocycles. The van der Waals surface area contributed by atoms with Crippen molar-refractivity contribution in [3.8, 4) is 5.82 Å². The Balaban J connectivity index is 2.55. The maximum Gasteiger partial charge on any atom is 0.180 e. The summed E-state index contributed by atoms with van der Waals surface area (Å²) < 4.78 is 1.79. The molecule has 108 valence electrons. The molecule has 0 unspecified atom stereocenters. The van der Waals surface area contributed by atoms with Crippen LogP contribution in [0.25, 0.3) is 5.82 Å². The van der Waals surface area contributed by atoms with E-state index in [0.717, 1.165) is 35.6 Å². The molecule has 2 heterocycles. The molecule has 0 amide bonds. The number of hydrogen-bond donors (Lipinski definition) is 1. The molecule has 0 saturated heterocycles. The van der Waals surface area contributed by atoms with Crippen LogP contribution in [0, 0.1) is 0 Å². The normalized spacial score (nSPS) is 11.3. The zero-order chi connectivity index (χ0) is 14.7. The molecule has 20 heavy (non-hydrogen) atoms. The number of nitrogens with zero attached hydrogens (tertiary/aromatic N) is 4. The van der Waals surface area contributed by atoms with Crippen molar-refractivity contribution in [1.29, 1.82) is 0 Å². The van der Waals surface area contributed by atoms with E-state index in [9.17, 15) is 0 Å². The van der Waals surface area contributed by atoms with E-state index < -0.39 is 0 Å². The molecule has 5 nitrogen and oxygen atoms in total. The lowest BCUT2D eigenvalue weighted by Crippen LogP contribution is -2.15. The summed E-state index contributed by atoms with van der Waals surface area (Å²) >= 11 is 0. The van der Waals surface area contributed by atoms with Crippen molar-refractivity contribution in [1.82, 2.24) is 20.0 Å². The predicted octanol–water partition coefficient (Wildman–Crippen LogP) is 2.37. The molecule has 2 rings (SSSR count). The van der Waals surface area contributed by atoms with E-state index in [0.29, 0.717) is 12.5 Å². The monoisotopic (exact) mass is 273 g/mol. The maximum atomic E-state index is 5.95. The number of rotatable bonds is 5. The van der Waals surface area contributed by atoms with Gasteiger partial charge in [-0.2, -0.15) is 10.2 Å². The standard InChI is InChI=1S/C15H23N5/c1-5-11-12(9-16)15(18-17-13(11)6-2)20-8-7-14(19-20)10(3)4/h7-8,10H,5-6,9,16H2,1-4H3. The third kappa shape index (κ3) is 2.58. The third-order valence-electron chi connectivity index (χ3n) is 3.56. The molecule has 5 heteroatoms. The number of hydrogen-bond acceptors (Lipinski definition) is 4. The molecular weight excluding hydrogens is 250 g/mol. The van der Waals surface area contributed by atoms with Gasteiger partial charge in [-0.15, -0.1) is 5.10 Å². The number of nitrogens with two attached hydrogens (primary N) is 1. The van der Waals surface area contributed by atoms with Gasteiger partial charge in [0.05, 0.1) is 11.4 Å². The van der Waals surface area contributed by atoms with Crippen LogP contribution in [-0.2, 0) is 19.4 Å². The fourth-order valence-electron chi connectivity index (χ4n) is 2.40. The second kappa shape index (κ2) is 6.13. The Morgan fingerprint density at radius 2 is 1.90 bits per heavy atom. The van der Waals surface area contributed by atoms with Crippen LogP contribution in [-0.4, -0.2) is 20.0 Å². The fraction of sp³-hybridized carbons (Fsp3) is 0.533. The Morgan fingerprint density at radius 3 is 2.40 bits per heavy atom. The second-order valence-electron chi connectivity index (χ2n) is 5.18. The smallest absolute Gasteiger partial charge is 0.180 e. The highest BCUT2D eigenvalue weighted by molar-refractivity contribution is 5.41. The van der Waals surface area contributed by atoms with Crippen LogP contribution >= 0.6 is 0 Å². The highest BCUT2D eigenvalue weighted by Gasteiger charge is 2.16. The Hall–Kier alpha value is -1.75. The summed E-state index contributed by atoms with van der Waals surface area (Å²) in [6.07, 6.45) is 3.72. The van der Waals surface area contributed by atoms with Gasteiger partial charge in [0.2, 0.25) is 0 Å². The summed E-state index contributed by atoms with van der Waals surface area (Å²) in [5.74, 6) is 1.15. The van der Waals surface area contributed by atoms with Gasteiger partial charge in [0.25, 0.3) is 0 Å². The van der Waals surface area contributed by atoms with Crippen LogP contribution in [0.2, 0.25) is 0 Å². The highest BCUT2D eigenvalue weighted by atomic mass is 15.3. The van der Waals surface area contributed by atoms with Gasteiger partial charge in [-0.25, -0.2) is 4.68 Å². The van der Waals surface area contributed by atoms with Gasteiger partial charge < -0.3 is 5.73 Å². The van der Waals surface area contributed by atoms with Gasteiger partial charge in [0.1, 0.15) is 0 Å². The van der Waals surface area contributed by atoms with Gasteiger partial charge in [-0.1, -0.05) is 27.7 Å². The summed E-state index contributed by atoms with van der Waals surface area (Å²) in [4.78, 5) is 0. The molecule has 2 aromatic rings. The first-order chi connectivity index (χ1) is 9.62. The minimum absolute atomic E-state index is 0.395. The molecule has 0 aliphatic rings. The van der Waals surface area contributed by atoms with Gasteiger partial charge in [0, 0.05) is 18.3 Å². The van der Waals surface area contributed by atoms with E-state index in [2.05, 4.69) is 43.0 Å². The largest absolute Gasteiger partial charge is 0.326 e. The minimum atomic E-state index is 0.395. The van der Waals surface area contributed by atoms with Crippen molar-refractivity contribution in [3.63, 3.8) is 0 Å². The predicted molar refractivity (Wildman–Crippen MR) is 79.9 cm³/mol. The van der Waals surface area contributed by atoms with Gasteiger partial charge >= 0.3 is 0 Å². The number of aromatic nitrogens is 4. The summed E-state index contributed by atoms with van der Waals surface area (Å²) in [7, 11) is 0. The molecule has 2 N–H and O–H groups in total. The summed E-state index contributed by atoms with van der Waals surface area (Å²) in [6, 6.07) is 2.02. The quantitative estimate of drug-likeness (QED) is 0.908. The van der Waals surface area contributed by atoms with Gasteiger partial charge in [0.15, 0.2) is 5.82 Å². The average Bonchev–Trinajstić information content (AvgIpc) is 2.95. The molecule has 0 spiro atoms. The molecule has 0 bridgehead atoms. The molecule has 0 aliphatic heterocycles. The van der Waals surface area contributed by atoms with Crippen LogP contribution in [0.1, 0.15) is 56.1 Å². The van der Waals surface area contributed by atoms with Gasteiger partial charge in [-0.05, 0) is 30.4 Å². The van der Waals surface area contributed by atoms with E-state index in [1.807, 2.05) is 12.3 Å². The first kappa shape index (κ1) is 14.7. The highest BCUT2D eigenvalue weighted by Crippen LogP contribution is 2.20. The van der Waals surface area contributed by atoms with Crippen LogP contribution in [0.4, 0.5) is 0 Å². The lowest BCUT2D eigenvalue weighted by molar-refractivity contribution is 0.723. The third-order valence-corrected chi connectivity index (χ3v) is 3.56. The second-order valence-corrected chi connectivity index (χ2v) is 5.18. The lowest BCUT2D eigenvalue weighted by Gasteiger charge is -2.13. The molecule has 0 fully saturated rings. The van der Waals surface area contributed by atoms with E-state index in [1.54, 1.807) is 4.68 Å². The average molecular weight is 273 g/mol. The van der Waals surface area contributed by atoms with Crippen LogP contribution in [0.3, 0.4) is 0 Å². The Morgan fingerprint density at radius 1 is 1.15 bits per heavy atom. The van der Waals surface area contributed by atoms with Crippen LogP contribution in [0.15, 0.2) is 12.3 Å². The minimum Gasteiger partial charge on any atom is -0.326 e. The molecule has 0 atom stereocenters. The zero-order valence-electron chi connectivity index (χ0n) is 12.7. The van der Waals surface area contributed by atoms with Gasteiger partial charge in [-0.3, -0.25) is 0 Å². The molecule has 2 aromatic heterocycles. The van der Waals surface area contributed by atoms with Crippen molar-refractivity contribution in [2.75, 3.05) is 0 Å². The number of aryl methyl sites for hydroxylation is 1. The zero-order valence-corrected chi connectivity index (χ0v) is 12.7.